The summed E-state index contributed by atoms with van der Waals surface area (Å²) in [5.74, 6) is 0.490. The Labute approximate surface area is 119 Å². The number of aromatic nitrogens is 1. The molecular formula is C13H23N5O2. The molecular weight excluding hydrogens is 258 g/mol. The van der Waals surface area contributed by atoms with Gasteiger partial charge >= 0.3 is 0 Å². The molecule has 0 bridgehead atoms. The van der Waals surface area contributed by atoms with Gasteiger partial charge in [-0.3, -0.25) is 4.79 Å². The summed E-state index contributed by atoms with van der Waals surface area (Å²) < 4.78 is 4.74. The zero-order chi connectivity index (χ0) is 15.0. The van der Waals surface area contributed by atoms with E-state index in [9.17, 15) is 4.79 Å². The Bertz CT molecular complexity index is 434. The van der Waals surface area contributed by atoms with Crippen molar-refractivity contribution < 1.29 is 9.32 Å². The molecule has 20 heavy (non-hydrogen) atoms. The van der Waals surface area contributed by atoms with Crippen LogP contribution in [0.25, 0.3) is 0 Å². The van der Waals surface area contributed by atoms with Crippen molar-refractivity contribution in [2.75, 3.05) is 13.1 Å². The SMILES string of the molecule is CCNC(=NCc1ccon1)NCC(=O)NC(C)(C)C. The van der Waals surface area contributed by atoms with Gasteiger partial charge in [0.25, 0.3) is 0 Å². The van der Waals surface area contributed by atoms with Gasteiger partial charge in [-0.25, -0.2) is 4.99 Å². The predicted octanol–water partition coefficient (Wildman–Crippen LogP) is 0.644. The molecule has 3 N–H and O–H groups in total. The van der Waals surface area contributed by atoms with Gasteiger partial charge < -0.3 is 20.5 Å². The summed E-state index contributed by atoms with van der Waals surface area (Å²) in [5, 5.41) is 12.7. The molecule has 0 saturated carbocycles. The summed E-state index contributed by atoms with van der Waals surface area (Å²) in [4.78, 5) is 16.0. The van der Waals surface area contributed by atoms with Crippen molar-refractivity contribution in [2.24, 2.45) is 4.99 Å². The smallest absolute Gasteiger partial charge is 0.239 e. The summed E-state index contributed by atoms with van der Waals surface area (Å²) in [6.07, 6.45) is 1.50. The van der Waals surface area contributed by atoms with E-state index in [1.54, 1.807) is 6.07 Å². The highest BCUT2D eigenvalue weighted by atomic mass is 16.5. The first-order valence-corrected chi connectivity index (χ1v) is 6.63. The normalized spacial score (nSPS) is 12.1. The van der Waals surface area contributed by atoms with Crippen LogP contribution in [0.2, 0.25) is 0 Å². The third-order valence-electron chi connectivity index (χ3n) is 2.17. The van der Waals surface area contributed by atoms with Gasteiger partial charge in [-0.05, 0) is 27.7 Å². The quantitative estimate of drug-likeness (QED) is 0.544. The predicted molar refractivity (Wildman–Crippen MR) is 77.2 cm³/mol. The molecule has 112 valence electrons. The summed E-state index contributed by atoms with van der Waals surface area (Å²) in [7, 11) is 0. The van der Waals surface area contributed by atoms with E-state index >= 15 is 0 Å². The maximum absolute atomic E-state index is 11.7. The van der Waals surface area contributed by atoms with Crippen LogP contribution in [0, 0.1) is 0 Å². The van der Waals surface area contributed by atoms with E-state index in [-0.39, 0.29) is 18.0 Å². The summed E-state index contributed by atoms with van der Waals surface area (Å²) in [6, 6.07) is 1.75. The van der Waals surface area contributed by atoms with Crippen molar-refractivity contribution in [1.82, 2.24) is 21.1 Å². The Morgan fingerprint density at radius 1 is 1.40 bits per heavy atom. The molecule has 0 saturated heterocycles. The standard InChI is InChI=1S/C13H23N5O2/c1-5-14-12(15-8-10-6-7-20-18-10)16-9-11(19)17-13(2,3)4/h6-7H,5,8-9H2,1-4H3,(H,17,19)(H2,14,15,16). The molecule has 7 nitrogen and oxygen atoms in total. The van der Waals surface area contributed by atoms with Gasteiger partial charge in [0, 0.05) is 18.2 Å². The van der Waals surface area contributed by atoms with Crippen LogP contribution < -0.4 is 16.0 Å². The molecule has 1 amide bonds. The number of nitrogens with zero attached hydrogens (tertiary/aromatic N) is 2. The third-order valence-corrected chi connectivity index (χ3v) is 2.17. The molecule has 0 aliphatic rings. The number of amides is 1. The first-order chi connectivity index (χ1) is 9.40. The van der Waals surface area contributed by atoms with Crippen molar-refractivity contribution in [2.45, 2.75) is 39.8 Å². The molecule has 1 aromatic rings. The molecule has 0 unspecified atom stereocenters. The monoisotopic (exact) mass is 281 g/mol. The van der Waals surface area contributed by atoms with Gasteiger partial charge in [-0.15, -0.1) is 0 Å². The third kappa shape index (κ3) is 6.77. The van der Waals surface area contributed by atoms with Crippen LogP contribution in [0.3, 0.4) is 0 Å². The van der Waals surface area contributed by atoms with E-state index in [0.29, 0.717) is 19.0 Å². The van der Waals surface area contributed by atoms with Crippen LogP contribution in [0.5, 0.6) is 0 Å². The van der Waals surface area contributed by atoms with Crippen molar-refractivity contribution in [3.05, 3.63) is 18.0 Å². The van der Waals surface area contributed by atoms with Crippen molar-refractivity contribution >= 4 is 11.9 Å². The average Bonchev–Trinajstić information content (AvgIpc) is 2.83. The molecule has 1 rings (SSSR count). The van der Waals surface area contributed by atoms with Gasteiger partial charge in [-0.1, -0.05) is 5.16 Å². The van der Waals surface area contributed by atoms with E-state index in [1.165, 1.54) is 6.26 Å². The van der Waals surface area contributed by atoms with E-state index in [1.807, 2.05) is 27.7 Å². The lowest BCUT2D eigenvalue weighted by Crippen LogP contribution is -2.48. The number of carbonyl (C=O) groups is 1. The van der Waals surface area contributed by atoms with Crippen LogP contribution >= 0.6 is 0 Å². The Morgan fingerprint density at radius 2 is 2.15 bits per heavy atom. The minimum absolute atomic E-state index is 0.0791. The topological polar surface area (TPSA) is 91.6 Å². The lowest BCUT2D eigenvalue weighted by molar-refractivity contribution is -0.121. The molecule has 0 aromatic carbocycles. The van der Waals surface area contributed by atoms with Gasteiger partial charge in [0.2, 0.25) is 5.91 Å². The number of carbonyl (C=O) groups excluding carboxylic acids is 1. The Morgan fingerprint density at radius 3 is 2.70 bits per heavy atom. The molecule has 1 heterocycles. The first kappa shape index (κ1) is 16.0. The van der Waals surface area contributed by atoms with E-state index in [4.69, 9.17) is 4.52 Å². The van der Waals surface area contributed by atoms with Gasteiger partial charge in [0.15, 0.2) is 5.96 Å². The first-order valence-electron chi connectivity index (χ1n) is 6.63. The zero-order valence-corrected chi connectivity index (χ0v) is 12.5. The lowest BCUT2D eigenvalue weighted by Gasteiger charge is -2.21. The van der Waals surface area contributed by atoms with E-state index in [2.05, 4.69) is 26.1 Å². The minimum atomic E-state index is -0.241. The van der Waals surface area contributed by atoms with E-state index in [0.717, 1.165) is 5.69 Å². The average molecular weight is 281 g/mol. The molecule has 0 atom stereocenters. The summed E-state index contributed by atoms with van der Waals surface area (Å²) >= 11 is 0. The second kappa shape index (κ2) is 7.52. The maximum atomic E-state index is 11.7. The number of aliphatic imine (C=N–C) groups is 1. The highest BCUT2D eigenvalue weighted by Crippen LogP contribution is 1.97. The Kier molecular flexibility index (Phi) is 6.02. The molecule has 1 aromatic heterocycles. The number of hydrogen-bond donors (Lipinski definition) is 3. The number of hydrogen-bond acceptors (Lipinski definition) is 4. The van der Waals surface area contributed by atoms with Gasteiger partial charge in [0.1, 0.15) is 12.0 Å². The number of guanidine groups is 1. The molecule has 0 fully saturated rings. The summed E-state index contributed by atoms with van der Waals surface area (Å²) in [5.41, 5.74) is 0.496. The van der Waals surface area contributed by atoms with Crippen LogP contribution in [-0.2, 0) is 11.3 Å². The fourth-order valence-corrected chi connectivity index (χ4v) is 1.45. The fraction of sp³-hybridized carbons (Fsp3) is 0.615. The Hall–Kier alpha value is -2.05. The second-order valence-corrected chi connectivity index (χ2v) is 5.34. The van der Waals surface area contributed by atoms with Gasteiger partial charge in [-0.2, -0.15) is 0 Å². The zero-order valence-electron chi connectivity index (χ0n) is 12.5. The van der Waals surface area contributed by atoms with Crippen molar-refractivity contribution in [3.8, 4) is 0 Å². The highest BCUT2D eigenvalue weighted by Gasteiger charge is 2.13. The lowest BCUT2D eigenvalue weighted by atomic mass is 10.1. The highest BCUT2D eigenvalue weighted by molar-refractivity contribution is 5.86. The van der Waals surface area contributed by atoms with Crippen LogP contribution in [-0.4, -0.2) is 35.7 Å². The maximum Gasteiger partial charge on any atom is 0.239 e. The van der Waals surface area contributed by atoms with E-state index < -0.39 is 0 Å². The van der Waals surface area contributed by atoms with Crippen molar-refractivity contribution in [3.63, 3.8) is 0 Å². The van der Waals surface area contributed by atoms with Crippen LogP contribution in [0.4, 0.5) is 0 Å². The second-order valence-electron chi connectivity index (χ2n) is 5.34. The minimum Gasteiger partial charge on any atom is -0.364 e. The molecule has 0 aliphatic carbocycles. The molecule has 0 aliphatic heterocycles. The van der Waals surface area contributed by atoms with Crippen LogP contribution in [0.1, 0.15) is 33.4 Å². The van der Waals surface area contributed by atoms with Gasteiger partial charge in [0.05, 0.1) is 13.1 Å². The molecule has 7 heteroatoms. The molecule has 0 spiro atoms. The molecule has 0 radical (unpaired) electrons. The number of rotatable bonds is 5. The largest absolute Gasteiger partial charge is 0.364 e. The summed E-state index contributed by atoms with van der Waals surface area (Å²) in [6.45, 7) is 9.06. The van der Waals surface area contributed by atoms with Crippen LogP contribution in [0.15, 0.2) is 21.8 Å². The Balaban J connectivity index is 2.46. The fourth-order valence-electron chi connectivity index (χ4n) is 1.45. The van der Waals surface area contributed by atoms with Crippen molar-refractivity contribution in [1.29, 1.82) is 0 Å². The number of nitrogens with one attached hydrogen (secondary N) is 3.